The van der Waals surface area contributed by atoms with Crippen LogP contribution in [0.25, 0.3) is 0 Å². The molecule has 1 amide bonds. The Labute approximate surface area is 82.8 Å². The van der Waals surface area contributed by atoms with Crippen LogP contribution >= 0.6 is 0 Å². The van der Waals surface area contributed by atoms with Gasteiger partial charge in [-0.15, -0.1) is 0 Å². The summed E-state index contributed by atoms with van der Waals surface area (Å²) in [6.45, 7) is 5.69. The minimum absolute atomic E-state index is 0.0571. The lowest BCUT2D eigenvalue weighted by Gasteiger charge is -2.06. The summed E-state index contributed by atoms with van der Waals surface area (Å²) < 4.78 is 5.13. The van der Waals surface area contributed by atoms with E-state index in [4.69, 9.17) is 4.74 Å². The highest BCUT2D eigenvalue weighted by Gasteiger charge is 2.05. The summed E-state index contributed by atoms with van der Waals surface area (Å²) in [7, 11) is 0. The van der Waals surface area contributed by atoms with E-state index in [2.05, 4.69) is 15.5 Å². The SMILES string of the molecule is Cc1cc(NC(=O)COC(C)C)n[nH]1. The van der Waals surface area contributed by atoms with E-state index in [1.165, 1.54) is 0 Å². The molecule has 0 aromatic carbocycles. The van der Waals surface area contributed by atoms with E-state index in [0.29, 0.717) is 5.82 Å². The Morgan fingerprint density at radius 2 is 2.43 bits per heavy atom. The van der Waals surface area contributed by atoms with Gasteiger partial charge in [0.05, 0.1) is 6.10 Å². The Morgan fingerprint density at radius 1 is 1.71 bits per heavy atom. The normalized spacial score (nSPS) is 10.6. The lowest BCUT2D eigenvalue weighted by atomic mass is 10.4. The lowest BCUT2D eigenvalue weighted by molar-refractivity contribution is -0.121. The molecule has 0 bridgehead atoms. The Balaban J connectivity index is 2.34. The van der Waals surface area contributed by atoms with Gasteiger partial charge in [-0.3, -0.25) is 9.89 Å². The van der Waals surface area contributed by atoms with Crippen molar-refractivity contribution in [1.29, 1.82) is 0 Å². The Morgan fingerprint density at radius 3 is 2.93 bits per heavy atom. The van der Waals surface area contributed by atoms with Crippen LogP contribution in [0.1, 0.15) is 19.5 Å². The molecule has 1 rings (SSSR count). The second-order valence-corrected chi connectivity index (χ2v) is 3.34. The topological polar surface area (TPSA) is 67.0 Å². The molecule has 0 fully saturated rings. The monoisotopic (exact) mass is 197 g/mol. The van der Waals surface area contributed by atoms with Gasteiger partial charge in [0.1, 0.15) is 6.61 Å². The zero-order valence-electron chi connectivity index (χ0n) is 8.63. The molecule has 0 spiro atoms. The zero-order chi connectivity index (χ0) is 10.6. The molecule has 5 heteroatoms. The molecule has 0 unspecified atom stereocenters. The van der Waals surface area contributed by atoms with Gasteiger partial charge in [-0.2, -0.15) is 5.10 Å². The van der Waals surface area contributed by atoms with E-state index >= 15 is 0 Å². The molecule has 1 aromatic rings. The van der Waals surface area contributed by atoms with Crippen molar-refractivity contribution in [2.24, 2.45) is 0 Å². The number of aromatic amines is 1. The van der Waals surface area contributed by atoms with Gasteiger partial charge in [-0.25, -0.2) is 0 Å². The minimum atomic E-state index is -0.190. The van der Waals surface area contributed by atoms with Crippen LogP contribution in [0.15, 0.2) is 6.07 Å². The van der Waals surface area contributed by atoms with Crippen LogP contribution < -0.4 is 5.32 Å². The smallest absolute Gasteiger partial charge is 0.251 e. The van der Waals surface area contributed by atoms with Crippen LogP contribution in [-0.4, -0.2) is 28.8 Å². The molecule has 2 N–H and O–H groups in total. The van der Waals surface area contributed by atoms with Crippen LogP contribution in [-0.2, 0) is 9.53 Å². The minimum Gasteiger partial charge on any atom is -0.369 e. The van der Waals surface area contributed by atoms with Gasteiger partial charge in [-0.05, 0) is 20.8 Å². The second kappa shape index (κ2) is 4.76. The van der Waals surface area contributed by atoms with Gasteiger partial charge < -0.3 is 10.1 Å². The summed E-state index contributed by atoms with van der Waals surface area (Å²) in [5, 5.41) is 9.22. The summed E-state index contributed by atoms with van der Waals surface area (Å²) >= 11 is 0. The third kappa shape index (κ3) is 3.57. The van der Waals surface area contributed by atoms with Crippen LogP contribution in [0, 0.1) is 6.92 Å². The molecule has 1 heterocycles. The number of rotatable bonds is 4. The molecule has 0 aliphatic carbocycles. The molecule has 0 saturated heterocycles. The van der Waals surface area contributed by atoms with Crippen LogP contribution in [0.5, 0.6) is 0 Å². The van der Waals surface area contributed by atoms with E-state index < -0.39 is 0 Å². The number of nitrogens with zero attached hydrogens (tertiary/aromatic N) is 1. The standard InChI is InChI=1S/C9H15N3O2/c1-6(2)14-5-9(13)10-8-4-7(3)11-12-8/h4,6H,5H2,1-3H3,(H2,10,11,12,13). The number of H-pyrrole nitrogens is 1. The maximum absolute atomic E-state index is 11.2. The number of aromatic nitrogens is 2. The van der Waals surface area contributed by atoms with Crippen LogP contribution in [0.4, 0.5) is 5.82 Å². The number of nitrogens with one attached hydrogen (secondary N) is 2. The van der Waals surface area contributed by atoms with E-state index in [1.807, 2.05) is 20.8 Å². The fraction of sp³-hybridized carbons (Fsp3) is 0.556. The number of amides is 1. The first-order chi connectivity index (χ1) is 6.58. The molecular weight excluding hydrogens is 182 g/mol. The molecule has 5 nitrogen and oxygen atoms in total. The van der Waals surface area contributed by atoms with Crippen molar-refractivity contribution in [3.63, 3.8) is 0 Å². The summed E-state index contributed by atoms with van der Waals surface area (Å²) in [6, 6.07) is 1.76. The van der Waals surface area contributed by atoms with E-state index in [9.17, 15) is 4.79 Å². The van der Waals surface area contributed by atoms with Gasteiger partial charge >= 0.3 is 0 Å². The maximum atomic E-state index is 11.2. The number of carbonyl (C=O) groups is 1. The highest BCUT2D eigenvalue weighted by molar-refractivity contribution is 5.90. The van der Waals surface area contributed by atoms with Crippen molar-refractivity contribution in [3.8, 4) is 0 Å². The molecule has 78 valence electrons. The quantitative estimate of drug-likeness (QED) is 0.759. The molecule has 0 atom stereocenters. The van der Waals surface area contributed by atoms with E-state index in [-0.39, 0.29) is 18.6 Å². The lowest BCUT2D eigenvalue weighted by Crippen LogP contribution is -2.20. The van der Waals surface area contributed by atoms with Gasteiger partial charge in [-0.1, -0.05) is 0 Å². The van der Waals surface area contributed by atoms with Crippen molar-refractivity contribution in [1.82, 2.24) is 10.2 Å². The first-order valence-corrected chi connectivity index (χ1v) is 4.51. The highest BCUT2D eigenvalue weighted by Crippen LogP contribution is 2.03. The molecule has 0 saturated carbocycles. The van der Waals surface area contributed by atoms with Crippen molar-refractivity contribution in [2.75, 3.05) is 11.9 Å². The Bertz CT molecular complexity index is 307. The number of hydrogen-bond donors (Lipinski definition) is 2. The van der Waals surface area contributed by atoms with Gasteiger partial charge in [0, 0.05) is 11.8 Å². The molecule has 14 heavy (non-hydrogen) atoms. The number of aryl methyl sites for hydroxylation is 1. The third-order valence-corrected chi connectivity index (χ3v) is 1.52. The third-order valence-electron chi connectivity index (χ3n) is 1.52. The van der Waals surface area contributed by atoms with E-state index in [1.54, 1.807) is 6.07 Å². The average Bonchev–Trinajstić information content (AvgIpc) is 2.48. The maximum Gasteiger partial charge on any atom is 0.251 e. The zero-order valence-corrected chi connectivity index (χ0v) is 8.63. The molecule has 0 radical (unpaired) electrons. The number of anilines is 1. The average molecular weight is 197 g/mol. The summed E-state index contributed by atoms with van der Waals surface area (Å²) in [6.07, 6.45) is 0.0571. The second-order valence-electron chi connectivity index (χ2n) is 3.34. The summed E-state index contributed by atoms with van der Waals surface area (Å²) in [5.74, 6) is 0.338. The van der Waals surface area contributed by atoms with Gasteiger partial charge in [0.15, 0.2) is 5.82 Å². The molecular formula is C9H15N3O2. The first-order valence-electron chi connectivity index (χ1n) is 4.51. The summed E-state index contributed by atoms with van der Waals surface area (Å²) in [4.78, 5) is 11.2. The van der Waals surface area contributed by atoms with Gasteiger partial charge in [0.25, 0.3) is 5.91 Å². The fourth-order valence-corrected chi connectivity index (χ4v) is 0.903. The largest absolute Gasteiger partial charge is 0.369 e. The molecule has 1 aromatic heterocycles. The van der Waals surface area contributed by atoms with Crippen LogP contribution in [0.3, 0.4) is 0 Å². The van der Waals surface area contributed by atoms with Crippen LogP contribution in [0.2, 0.25) is 0 Å². The predicted molar refractivity (Wildman–Crippen MR) is 53.0 cm³/mol. The number of hydrogen-bond acceptors (Lipinski definition) is 3. The number of ether oxygens (including phenoxy) is 1. The summed E-state index contributed by atoms with van der Waals surface area (Å²) in [5.41, 5.74) is 0.907. The van der Waals surface area contributed by atoms with Gasteiger partial charge in [0.2, 0.25) is 0 Å². The number of carbonyl (C=O) groups excluding carboxylic acids is 1. The molecule has 0 aliphatic rings. The van der Waals surface area contributed by atoms with Crippen molar-refractivity contribution >= 4 is 11.7 Å². The van der Waals surface area contributed by atoms with Crippen molar-refractivity contribution in [3.05, 3.63) is 11.8 Å². The van der Waals surface area contributed by atoms with Crippen molar-refractivity contribution < 1.29 is 9.53 Å². The van der Waals surface area contributed by atoms with E-state index in [0.717, 1.165) is 5.69 Å². The highest BCUT2D eigenvalue weighted by atomic mass is 16.5. The Hall–Kier alpha value is -1.36. The first kappa shape index (κ1) is 10.7. The fourth-order valence-electron chi connectivity index (χ4n) is 0.903. The predicted octanol–water partition coefficient (Wildman–Crippen LogP) is 1.08. The van der Waals surface area contributed by atoms with Crippen molar-refractivity contribution in [2.45, 2.75) is 26.9 Å². The Kier molecular flexibility index (Phi) is 3.64. The molecule has 0 aliphatic heterocycles.